The first-order chi connectivity index (χ1) is 11.2. The van der Waals surface area contributed by atoms with Gasteiger partial charge in [0.25, 0.3) is 0 Å². The number of aryl methyl sites for hydroxylation is 1. The number of nitrogens with two attached hydrogens (primary N) is 1. The van der Waals surface area contributed by atoms with Crippen molar-refractivity contribution in [1.29, 1.82) is 0 Å². The molecule has 0 saturated heterocycles. The van der Waals surface area contributed by atoms with Gasteiger partial charge < -0.3 is 9.73 Å². The molecule has 0 amide bonds. The standard InChI is InChI=1S/C20H23NOS/c1-15-7-9-17(10-8-15)18(19-5-3-13-22-19)11-12-21-16(2)20-6-4-14-23-20/h3-10,13-14,16,18,21H,11-12H2,1-2H3/p+1/t16-,18-/m0/s1. The second kappa shape index (κ2) is 7.62. The van der Waals surface area contributed by atoms with E-state index < -0.39 is 0 Å². The van der Waals surface area contributed by atoms with Crippen LogP contribution < -0.4 is 5.32 Å². The zero-order chi connectivity index (χ0) is 16.1. The third-order valence-corrected chi connectivity index (χ3v) is 5.41. The molecule has 2 N–H and O–H groups in total. The zero-order valence-corrected chi connectivity index (χ0v) is 14.6. The predicted octanol–water partition coefficient (Wildman–Crippen LogP) is 4.50. The van der Waals surface area contributed by atoms with Gasteiger partial charge in [0.05, 0.1) is 17.7 Å². The van der Waals surface area contributed by atoms with Gasteiger partial charge in [0.2, 0.25) is 0 Å². The van der Waals surface area contributed by atoms with Crippen molar-refractivity contribution in [2.75, 3.05) is 6.54 Å². The van der Waals surface area contributed by atoms with Crippen LogP contribution in [0.5, 0.6) is 0 Å². The van der Waals surface area contributed by atoms with E-state index >= 15 is 0 Å². The van der Waals surface area contributed by atoms with E-state index in [-0.39, 0.29) is 0 Å². The Morgan fingerprint density at radius 3 is 2.57 bits per heavy atom. The summed E-state index contributed by atoms with van der Waals surface area (Å²) >= 11 is 1.84. The average Bonchev–Trinajstić information content (AvgIpc) is 3.26. The number of rotatable bonds is 7. The van der Waals surface area contributed by atoms with E-state index in [1.165, 1.54) is 16.0 Å². The molecule has 1 aromatic carbocycles. The van der Waals surface area contributed by atoms with Crippen LogP contribution in [0.4, 0.5) is 0 Å². The third kappa shape index (κ3) is 4.12. The zero-order valence-electron chi connectivity index (χ0n) is 13.7. The van der Waals surface area contributed by atoms with Crippen LogP contribution in [0.25, 0.3) is 0 Å². The van der Waals surface area contributed by atoms with Crippen molar-refractivity contribution in [1.82, 2.24) is 0 Å². The second-order valence-electron chi connectivity index (χ2n) is 6.10. The van der Waals surface area contributed by atoms with Gasteiger partial charge in [0.1, 0.15) is 11.8 Å². The molecule has 0 fully saturated rings. The van der Waals surface area contributed by atoms with E-state index in [9.17, 15) is 0 Å². The maximum Gasteiger partial charge on any atom is 0.118 e. The summed E-state index contributed by atoms with van der Waals surface area (Å²) in [6, 6.07) is 17.8. The fourth-order valence-corrected chi connectivity index (χ4v) is 3.72. The monoisotopic (exact) mass is 326 g/mol. The summed E-state index contributed by atoms with van der Waals surface area (Å²) in [6.07, 6.45) is 2.85. The van der Waals surface area contributed by atoms with Crippen molar-refractivity contribution in [3.05, 3.63) is 81.9 Å². The van der Waals surface area contributed by atoms with Crippen molar-refractivity contribution in [3.8, 4) is 0 Å². The van der Waals surface area contributed by atoms with Crippen LogP contribution in [0.1, 0.15) is 47.1 Å². The summed E-state index contributed by atoms with van der Waals surface area (Å²) in [7, 11) is 0. The van der Waals surface area contributed by atoms with E-state index in [0.29, 0.717) is 12.0 Å². The lowest BCUT2D eigenvalue weighted by molar-refractivity contribution is -0.692. The smallest absolute Gasteiger partial charge is 0.118 e. The largest absolute Gasteiger partial charge is 0.469 e. The van der Waals surface area contributed by atoms with E-state index in [1.54, 1.807) is 6.26 Å². The third-order valence-electron chi connectivity index (χ3n) is 4.33. The van der Waals surface area contributed by atoms with Gasteiger partial charge in [0.15, 0.2) is 0 Å². The number of hydrogen-bond donors (Lipinski definition) is 1. The summed E-state index contributed by atoms with van der Waals surface area (Å²) in [5.74, 6) is 1.39. The molecule has 3 aromatic rings. The number of quaternary nitrogens is 1. The van der Waals surface area contributed by atoms with Crippen molar-refractivity contribution in [2.45, 2.75) is 32.2 Å². The lowest BCUT2D eigenvalue weighted by atomic mass is 9.92. The molecule has 2 aromatic heterocycles. The highest BCUT2D eigenvalue weighted by molar-refractivity contribution is 7.10. The molecule has 0 radical (unpaired) electrons. The molecule has 2 nitrogen and oxygen atoms in total. The minimum Gasteiger partial charge on any atom is -0.469 e. The normalized spacial score (nSPS) is 13.8. The summed E-state index contributed by atoms with van der Waals surface area (Å²) in [5, 5.41) is 4.58. The van der Waals surface area contributed by atoms with Crippen LogP contribution in [-0.4, -0.2) is 6.54 Å². The van der Waals surface area contributed by atoms with Crippen LogP contribution in [0.15, 0.2) is 64.6 Å². The predicted molar refractivity (Wildman–Crippen MR) is 95.9 cm³/mol. The van der Waals surface area contributed by atoms with Gasteiger partial charge in [-0.2, -0.15) is 0 Å². The second-order valence-corrected chi connectivity index (χ2v) is 7.08. The number of hydrogen-bond acceptors (Lipinski definition) is 2. The molecule has 0 aliphatic carbocycles. The Balaban J connectivity index is 1.66. The quantitative estimate of drug-likeness (QED) is 0.681. The van der Waals surface area contributed by atoms with Gasteiger partial charge >= 0.3 is 0 Å². The molecule has 3 rings (SSSR count). The molecule has 23 heavy (non-hydrogen) atoms. The number of benzene rings is 1. The number of furan rings is 1. The van der Waals surface area contributed by atoms with E-state index in [1.807, 2.05) is 17.4 Å². The Morgan fingerprint density at radius 1 is 1.09 bits per heavy atom. The first-order valence-electron chi connectivity index (χ1n) is 8.20. The molecule has 0 bridgehead atoms. The molecular weight excluding hydrogens is 302 g/mol. The van der Waals surface area contributed by atoms with Crippen molar-refractivity contribution in [3.63, 3.8) is 0 Å². The highest BCUT2D eigenvalue weighted by atomic mass is 32.1. The summed E-state index contributed by atoms with van der Waals surface area (Å²) in [6.45, 7) is 5.49. The minimum absolute atomic E-state index is 0.331. The maximum absolute atomic E-state index is 5.70. The van der Waals surface area contributed by atoms with E-state index in [0.717, 1.165) is 18.7 Å². The Morgan fingerprint density at radius 2 is 1.91 bits per heavy atom. The fraction of sp³-hybridized carbons (Fsp3) is 0.300. The first-order valence-corrected chi connectivity index (χ1v) is 9.08. The van der Waals surface area contributed by atoms with Crippen LogP contribution >= 0.6 is 11.3 Å². The summed E-state index contributed by atoms with van der Waals surface area (Å²) in [5.41, 5.74) is 2.63. The minimum atomic E-state index is 0.331. The summed E-state index contributed by atoms with van der Waals surface area (Å²) in [4.78, 5) is 1.44. The van der Waals surface area contributed by atoms with Gasteiger partial charge in [-0.3, -0.25) is 0 Å². The molecule has 0 aliphatic heterocycles. The van der Waals surface area contributed by atoms with Crippen LogP contribution in [0.2, 0.25) is 0 Å². The fourth-order valence-electron chi connectivity index (χ4n) is 2.94. The van der Waals surface area contributed by atoms with Gasteiger partial charge in [-0.05, 0) is 43.0 Å². The summed E-state index contributed by atoms with van der Waals surface area (Å²) < 4.78 is 5.70. The molecule has 2 atom stereocenters. The van der Waals surface area contributed by atoms with E-state index in [2.05, 4.69) is 67.0 Å². The van der Waals surface area contributed by atoms with Crippen LogP contribution in [0, 0.1) is 6.92 Å². The molecular formula is C20H24NOS+. The topological polar surface area (TPSA) is 29.8 Å². The Labute approximate surface area is 142 Å². The molecule has 3 heteroatoms. The van der Waals surface area contributed by atoms with Crippen LogP contribution in [-0.2, 0) is 0 Å². The van der Waals surface area contributed by atoms with Crippen molar-refractivity contribution >= 4 is 11.3 Å². The van der Waals surface area contributed by atoms with E-state index in [4.69, 9.17) is 4.42 Å². The Kier molecular flexibility index (Phi) is 5.31. The van der Waals surface area contributed by atoms with Gasteiger partial charge in [-0.15, -0.1) is 11.3 Å². The average molecular weight is 326 g/mol. The van der Waals surface area contributed by atoms with Gasteiger partial charge in [-0.1, -0.05) is 35.9 Å². The molecule has 0 spiro atoms. The van der Waals surface area contributed by atoms with Crippen molar-refractivity contribution < 1.29 is 9.73 Å². The SMILES string of the molecule is Cc1ccc([C@H](CC[NH2+][C@@H](C)c2cccs2)c2ccco2)cc1. The Hall–Kier alpha value is -1.84. The van der Waals surface area contributed by atoms with Crippen LogP contribution in [0.3, 0.4) is 0 Å². The maximum atomic E-state index is 5.70. The molecule has 120 valence electrons. The lowest BCUT2D eigenvalue weighted by Crippen LogP contribution is -2.84. The van der Waals surface area contributed by atoms with Crippen molar-refractivity contribution in [2.24, 2.45) is 0 Å². The highest BCUT2D eigenvalue weighted by Crippen LogP contribution is 2.28. The molecule has 0 aliphatic rings. The first kappa shape index (κ1) is 16.0. The Bertz CT molecular complexity index is 686. The lowest BCUT2D eigenvalue weighted by Gasteiger charge is -2.16. The molecule has 0 saturated carbocycles. The van der Waals surface area contributed by atoms with Gasteiger partial charge in [0, 0.05) is 12.3 Å². The molecule has 2 heterocycles. The highest BCUT2D eigenvalue weighted by Gasteiger charge is 2.18. The van der Waals surface area contributed by atoms with Gasteiger partial charge in [-0.25, -0.2) is 0 Å². The number of thiophene rings is 1. The molecule has 0 unspecified atom stereocenters.